The minimum absolute atomic E-state index is 0.00855. The molecule has 1 rings (SSSR count). The molecule has 0 aromatic heterocycles. The van der Waals surface area contributed by atoms with Gasteiger partial charge < -0.3 is 15.3 Å². The van der Waals surface area contributed by atoms with Crippen LogP contribution in [-0.2, 0) is 14.6 Å². The van der Waals surface area contributed by atoms with Crippen LogP contribution in [0.4, 0.5) is 4.79 Å². The number of amides is 2. The third kappa shape index (κ3) is 5.06. The standard InChI is InChI=1S/C11H20N2O5S/c1-8(3-4-10(14)15)12-11(16)13-5-6-19(17,18)7-9(13)2/h8-9H,3-7H2,1-2H3,(H,12,16)(H,14,15). The highest BCUT2D eigenvalue weighted by atomic mass is 32.2. The molecule has 0 aliphatic carbocycles. The lowest BCUT2D eigenvalue weighted by Gasteiger charge is -2.34. The summed E-state index contributed by atoms with van der Waals surface area (Å²) in [6, 6.07) is -0.944. The van der Waals surface area contributed by atoms with Crippen LogP contribution in [0.1, 0.15) is 26.7 Å². The van der Waals surface area contributed by atoms with E-state index in [1.54, 1.807) is 13.8 Å². The SMILES string of the molecule is CC(CCC(=O)O)NC(=O)N1CCS(=O)(=O)CC1C. The molecule has 110 valence electrons. The molecule has 7 nitrogen and oxygen atoms in total. The number of rotatable bonds is 4. The van der Waals surface area contributed by atoms with Crippen molar-refractivity contribution in [1.82, 2.24) is 10.2 Å². The Bertz CT molecular complexity index is 448. The maximum Gasteiger partial charge on any atom is 0.317 e. The number of carbonyl (C=O) groups is 2. The van der Waals surface area contributed by atoms with Crippen molar-refractivity contribution in [2.45, 2.75) is 38.8 Å². The molecule has 2 atom stereocenters. The van der Waals surface area contributed by atoms with E-state index in [1.165, 1.54) is 4.90 Å². The fourth-order valence-electron chi connectivity index (χ4n) is 2.01. The summed E-state index contributed by atoms with van der Waals surface area (Å²) < 4.78 is 22.8. The number of hydrogen-bond acceptors (Lipinski definition) is 4. The second-order valence-corrected chi connectivity index (χ2v) is 7.17. The maximum absolute atomic E-state index is 11.9. The van der Waals surface area contributed by atoms with Crippen LogP contribution in [0.25, 0.3) is 0 Å². The molecule has 8 heteroatoms. The van der Waals surface area contributed by atoms with Gasteiger partial charge in [-0.2, -0.15) is 0 Å². The van der Waals surface area contributed by atoms with Gasteiger partial charge in [-0.25, -0.2) is 13.2 Å². The Morgan fingerprint density at radius 1 is 1.47 bits per heavy atom. The zero-order chi connectivity index (χ0) is 14.6. The molecule has 0 radical (unpaired) electrons. The van der Waals surface area contributed by atoms with Crippen molar-refractivity contribution in [2.24, 2.45) is 0 Å². The van der Waals surface area contributed by atoms with Gasteiger partial charge in [0.25, 0.3) is 0 Å². The first-order valence-corrected chi connectivity index (χ1v) is 8.03. The van der Waals surface area contributed by atoms with E-state index in [-0.39, 0.29) is 42.6 Å². The summed E-state index contributed by atoms with van der Waals surface area (Å²) >= 11 is 0. The van der Waals surface area contributed by atoms with Gasteiger partial charge in [0.15, 0.2) is 9.84 Å². The Balaban J connectivity index is 2.47. The number of nitrogens with zero attached hydrogens (tertiary/aromatic N) is 1. The zero-order valence-electron chi connectivity index (χ0n) is 11.1. The lowest BCUT2D eigenvalue weighted by atomic mass is 10.2. The first-order valence-electron chi connectivity index (χ1n) is 6.20. The average Bonchev–Trinajstić information content (AvgIpc) is 2.24. The summed E-state index contributed by atoms with van der Waals surface area (Å²) in [5.74, 6) is -0.948. The van der Waals surface area contributed by atoms with Crippen molar-refractivity contribution in [3.05, 3.63) is 0 Å². The molecule has 0 aromatic rings. The van der Waals surface area contributed by atoms with Crippen LogP contribution in [0.15, 0.2) is 0 Å². The van der Waals surface area contributed by atoms with Gasteiger partial charge >= 0.3 is 12.0 Å². The molecule has 1 heterocycles. The van der Waals surface area contributed by atoms with Crippen LogP contribution in [-0.4, -0.2) is 60.6 Å². The van der Waals surface area contributed by atoms with Crippen LogP contribution in [0.2, 0.25) is 0 Å². The predicted octanol–water partition coefficient (Wildman–Crippen LogP) is 0.0682. The molecule has 2 amide bonds. The number of urea groups is 1. The van der Waals surface area contributed by atoms with E-state index < -0.39 is 15.8 Å². The first kappa shape index (κ1) is 15.7. The van der Waals surface area contributed by atoms with Crippen LogP contribution >= 0.6 is 0 Å². The largest absolute Gasteiger partial charge is 0.481 e. The number of carbonyl (C=O) groups excluding carboxylic acids is 1. The number of carboxylic acid groups (broad SMARTS) is 1. The predicted molar refractivity (Wildman–Crippen MR) is 69.7 cm³/mol. The van der Waals surface area contributed by atoms with Crippen molar-refractivity contribution in [3.8, 4) is 0 Å². The Morgan fingerprint density at radius 3 is 2.63 bits per heavy atom. The van der Waals surface area contributed by atoms with Gasteiger partial charge in [0, 0.05) is 25.0 Å². The summed E-state index contributed by atoms with van der Waals surface area (Å²) in [4.78, 5) is 23.9. The third-order valence-electron chi connectivity index (χ3n) is 3.09. The molecule has 1 saturated heterocycles. The molecular formula is C11H20N2O5S. The van der Waals surface area contributed by atoms with E-state index in [1.807, 2.05) is 0 Å². The van der Waals surface area contributed by atoms with E-state index in [9.17, 15) is 18.0 Å². The molecule has 0 bridgehead atoms. The number of sulfone groups is 1. The molecule has 1 aliphatic heterocycles. The van der Waals surface area contributed by atoms with E-state index in [0.717, 1.165) is 0 Å². The van der Waals surface area contributed by atoms with E-state index in [0.29, 0.717) is 6.42 Å². The number of hydrogen-bond donors (Lipinski definition) is 2. The molecular weight excluding hydrogens is 272 g/mol. The molecule has 0 saturated carbocycles. The normalized spacial score (nSPS) is 23.7. The monoisotopic (exact) mass is 292 g/mol. The Labute approximate surface area is 112 Å². The quantitative estimate of drug-likeness (QED) is 0.763. The minimum Gasteiger partial charge on any atom is -0.481 e. The molecule has 0 spiro atoms. The fraction of sp³-hybridized carbons (Fsp3) is 0.818. The summed E-state index contributed by atoms with van der Waals surface area (Å²) in [5.41, 5.74) is 0. The van der Waals surface area contributed by atoms with Gasteiger partial charge in [-0.05, 0) is 20.3 Å². The highest BCUT2D eigenvalue weighted by Crippen LogP contribution is 2.12. The maximum atomic E-state index is 11.9. The van der Waals surface area contributed by atoms with Gasteiger partial charge in [0.1, 0.15) is 0 Å². The molecule has 2 unspecified atom stereocenters. The van der Waals surface area contributed by atoms with Crippen LogP contribution < -0.4 is 5.32 Å². The van der Waals surface area contributed by atoms with Gasteiger partial charge in [0.05, 0.1) is 11.5 Å². The summed E-state index contributed by atoms with van der Waals surface area (Å²) in [7, 11) is -3.05. The minimum atomic E-state index is -3.05. The average molecular weight is 292 g/mol. The van der Waals surface area contributed by atoms with Crippen LogP contribution in [0, 0.1) is 0 Å². The number of carboxylic acids is 1. The van der Waals surface area contributed by atoms with Crippen molar-refractivity contribution >= 4 is 21.8 Å². The molecule has 0 aromatic carbocycles. The lowest BCUT2D eigenvalue weighted by molar-refractivity contribution is -0.137. The van der Waals surface area contributed by atoms with E-state index in [2.05, 4.69) is 5.32 Å². The number of aliphatic carboxylic acids is 1. The number of nitrogens with one attached hydrogen (secondary N) is 1. The van der Waals surface area contributed by atoms with Crippen molar-refractivity contribution in [3.63, 3.8) is 0 Å². The van der Waals surface area contributed by atoms with Crippen LogP contribution in [0.3, 0.4) is 0 Å². The molecule has 19 heavy (non-hydrogen) atoms. The second kappa shape index (κ2) is 6.23. The Morgan fingerprint density at radius 2 is 2.11 bits per heavy atom. The smallest absolute Gasteiger partial charge is 0.317 e. The fourth-order valence-corrected chi connectivity index (χ4v) is 3.56. The van der Waals surface area contributed by atoms with Crippen molar-refractivity contribution in [1.29, 1.82) is 0 Å². The summed E-state index contributed by atoms with van der Waals surface area (Å²) in [5, 5.41) is 11.2. The topological polar surface area (TPSA) is 104 Å². The Hall–Kier alpha value is -1.31. The van der Waals surface area contributed by atoms with Crippen molar-refractivity contribution in [2.75, 3.05) is 18.1 Å². The summed E-state index contributed by atoms with van der Waals surface area (Å²) in [6.45, 7) is 3.60. The highest BCUT2D eigenvalue weighted by molar-refractivity contribution is 7.91. The van der Waals surface area contributed by atoms with E-state index in [4.69, 9.17) is 5.11 Å². The van der Waals surface area contributed by atoms with Gasteiger partial charge in [-0.1, -0.05) is 0 Å². The van der Waals surface area contributed by atoms with Gasteiger partial charge in [-0.15, -0.1) is 0 Å². The molecule has 2 N–H and O–H groups in total. The molecule has 1 aliphatic rings. The second-order valence-electron chi connectivity index (χ2n) is 4.94. The zero-order valence-corrected chi connectivity index (χ0v) is 11.9. The Kier molecular flexibility index (Phi) is 5.16. The van der Waals surface area contributed by atoms with Gasteiger partial charge in [-0.3, -0.25) is 4.79 Å². The highest BCUT2D eigenvalue weighted by Gasteiger charge is 2.31. The van der Waals surface area contributed by atoms with E-state index >= 15 is 0 Å². The third-order valence-corrected chi connectivity index (χ3v) is 4.89. The lowest BCUT2D eigenvalue weighted by Crippen LogP contribution is -2.54. The molecule has 1 fully saturated rings. The van der Waals surface area contributed by atoms with Crippen molar-refractivity contribution < 1.29 is 23.1 Å². The first-order chi connectivity index (χ1) is 8.71. The summed E-state index contributed by atoms with van der Waals surface area (Å²) in [6.07, 6.45) is 0.340. The van der Waals surface area contributed by atoms with Crippen LogP contribution in [0.5, 0.6) is 0 Å². The van der Waals surface area contributed by atoms with Gasteiger partial charge in [0.2, 0.25) is 0 Å².